The third-order valence-electron chi connectivity index (χ3n) is 5.33. The zero-order valence-corrected chi connectivity index (χ0v) is 18.9. The van der Waals surface area contributed by atoms with Gasteiger partial charge in [0.1, 0.15) is 5.75 Å². The smallest absolute Gasteiger partial charge is 0.191 e. The van der Waals surface area contributed by atoms with Gasteiger partial charge in [-0.05, 0) is 49.4 Å². The van der Waals surface area contributed by atoms with Crippen molar-refractivity contribution in [2.45, 2.75) is 52.5 Å². The number of guanidine groups is 1. The van der Waals surface area contributed by atoms with Gasteiger partial charge >= 0.3 is 0 Å². The maximum Gasteiger partial charge on any atom is 0.191 e. The lowest BCUT2D eigenvalue weighted by molar-refractivity contribution is -0.0390. The molecule has 0 saturated carbocycles. The molecule has 0 atom stereocenters. The van der Waals surface area contributed by atoms with Crippen molar-refractivity contribution in [2.75, 3.05) is 26.9 Å². The number of hydrogen-bond donors (Lipinski definition) is 2. The van der Waals surface area contributed by atoms with Crippen LogP contribution in [0.2, 0.25) is 0 Å². The summed E-state index contributed by atoms with van der Waals surface area (Å²) in [6.07, 6.45) is 2.29. The first-order valence-corrected chi connectivity index (χ1v) is 11.1. The molecule has 0 unspecified atom stereocenters. The summed E-state index contributed by atoms with van der Waals surface area (Å²) in [5, 5.41) is 6.71. The van der Waals surface area contributed by atoms with Crippen LogP contribution in [0, 0.1) is 6.92 Å². The van der Waals surface area contributed by atoms with Crippen LogP contribution in [0.25, 0.3) is 0 Å². The molecular weight excluding hydrogens is 390 g/mol. The average Bonchev–Trinajstić information content (AvgIpc) is 2.81. The molecule has 0 bridgehead atoms. The Morgan fingerprint density at radius 1 is 1.06 bits per heavy atom. The molecule has 1 heterocycles. The molecule has 0 aliphatic carbocycles. The van der Waals surface area contributed by atoms with Crippen molar-refractivity contribution in [1.29, 1.82) is 0 Å². The Bertz CT molecular complexity index is 830. The van der Waals surface area contributed by atoms with Gasteiger partial charge < -0.3 is 24.8 Å². The van der Waals surface area contributed by atoms with E-state index in [-0.39, 0.29) is 0 Å². The van der Waals surface area contributed by atoms with Gasteiger partial charge in [0, 0.05) is 31.9 Å². The summed E-state index contributed by atoms with van der Waals surface area (Å²) < 4.78 is 16.9. The maximum atomic E-state index is 6.00. The minimum atomic E-state index is 0.318. The summed E-state index contributed by atoms with van der Waals surface area (Å²) in [5.41, 5.74) is 4.64. The standard InChI is InChI=1S/C25H35N3O3/c1-4-26-25(28-17-22-10-5-19(2)15-24(22)29-3)27-16-20-6-8-21(9-7-20)18-31-23-11-13-30-14-12-23/h5-10,15,23H,4,11-14,16-18H2,1-3H3,(H2,26,27,28). The number of rotatable bonds is 9. The van der Waals surface area contributed by atoms with Gasteiger partial charge in [-0.25, -0.2) is 4.99 Å². The van der Waals surface area contributed by atoms with E-state index in [9.17, 15) is 0 Å². The number of methoxy groups -OCH3 is 1. The number of aryl methyl sites for hydroxylation is 1. The van der Waals surface area contributed by atoms with E-state index in [2.05, 4.69) is 60.9 Å². The van der Waals surface area contributed by atoms with Gasteiger partial charge in [0.15, 0.2) is 5.96 Å². The van der Waals surface area contributed by atoms with E-state index in [1.54, 1.807) is 7.11 Å². The number of benzene rings is 2. The molecule has 1 fully saturated rings. The largest absolute Gasteiger partial charge is 0.496 e. The third kappa shape index (κ3) is 7.56. The highest BCUT2D eigenvalue weighted by Gasteiger charge is 2.13. The molecule has 1 aliphatic rings. The molecule has 2 aromatic carbocycles. The predicted octanol–water partition coefficient (Wildman–Crippen LogP) is 3.95. The maximum absolute atomic E-state index is 6.00. The van der Waals surface area contributed by atoms with Crippen LogP contribution in [0.4, 0.5) is 0 Å². The number of hydrogen-bond acceptors (Lipinski definition) is 4. The van der Waals surface area contributed by atoms with Gasteiger partial charge in [-0.2, -0.15) is 0 Å². The lowest BCUT2D eigenvalue weighted by atomic mass is 10.1. The second kappa shape index (κ2) is 12.3. The second-order valence-corrected chi connectivity index (χ2v) is 7.80. The fraction of sp³-hybridized carbons (Fsp3) is 0.480. The zero-order chi connectivity index (χ0) is 21.9. The van der Waals surface area contributed by atoms with Crippen molar-refractivity contribution < 1.29 is 14.2 Å². The van der Waals surface area contributed by atoms with Crippen molar-refractivity contribution in [2.24, 2.45) is 4.99 Å². The highest BCUT2D eigenvalue weighted by molar-refractivity contribution is 5.79. The van der Waals surface area contributed by atoms with Crippen LogP contribution >= 0.6 is 0 Å². The Hall–Kier alpha value is -2.57. The van der Waals surface area contributed by atoms with Crippen molar-refractivity contribution in [3.8, 4) is 5.75 Å². The van der Waals surface area contributed by atoms with Crippen LogP contribution in [0.5, 0.6) is 5.75 Å². The zero-order valence-electron chi connectivity index (χ0n) is 18.9. The van der Waals surface area contributed by atoms with Gasteiger partial charge in [-0.15, -0.1) is 0 Å². The summed E-state index contributed by atoms with van der Waals surface area (Å²) in [6, 6.07) is 14.7. The second-order valence-electron chi connectivity index (χ2n) is 7.80. The summed E-state index contributed by atoms with van der Waals surface area (Å²) >= 11 is 0. The molecule has 0 aromatic heterocycles. The van der Waals surface area contributed by atoms with E-state index < -0.39 is 0 Å². The summed E-state index contributed by atoms with van der Waals surface area (Å²) in [5.74, 6) is 1.68. The normalized spacial score (nSPS) is 15.0. The van der Waals surface area contributed by atoms with Gasteiger partial charge in [0.2, 0.25) is 0 Å². The molecule has 6 heteroatoms. The summed E-state index contributed by atoms with van der Waals surface area (Å²) in [4.78, 5) is 4.73. The highest BCUT2D eigenvalue weighted by atomic mass is 16.5. The first kappa shape index (κ1) is 23.1. The molecule has 3 rings (SSSR count). The molecule has 2 aromatic rings. The van der Waals surface area contributed by atoms with Crippen LogP contribution in [0.1, 0.15) is 42.0 Å². The molecule has 0 radical (unpaired) electrons. The molecule has 6 nitrogen and oxygen atoms in total. The number of ether oxygens (including phenoxy) is 3. The first-order chi connectivity index (χ1) is 15.2. The lowest BCUT2D eigenvalue weighted by Gasteiger charge is -2.22. The summed E-state index contributed by atoms with van der Waals surface area (Å²) in [7, 11) is 1.70. The topological polar surface area (TPSA) is 64.1 Å². The van der Waals surface area contributed by atoms with Crippen LogP contribution < -0.4 is 15.4 Å². The Morgan fingerprint density at radius 2 is 1.81 bits per heavy atom. The first-order valence-electron chi connectivity index (χ1n) is 11.1. The van der Waals surface area contributed by atoms with Crippen molar-refractivity contribution in [3.05, 3.63) is 64.7 Å². The van der Waals surface area contributed by atoms with E-state index in [1.807, 2.05) is 6.07 Å². The van der Waals surface area contributed by atoms with Gasteiger partial charge in [-0.1, -0.05) is 36.4 Å². The highest BCUT2D eigenvalue weighted by Crippen LogP contribution is 2.19. The van der Waals surface area contributed by atoms with Gasteiger partial charge in [0.05, 0.1) is 26.4 Å². The molecule has 31 heavy (non-hydrogen) atoms. The fourth-order valence-electron chi connectivity index (χ4n) is 3.49. The monoisotopic (exact) mass is 425 g/mol. The van der Waals surface area contributed by atoms with E-state index in [0.717, 1.165) is 49.9 Å². The number of aliphatic imine (C=N–C) groups is 1. The predicted molar refractivity (Wildman–Crippen MR) is 124 cm³/mol. The third-order valence-corrected chi connectivity index (χ3v) is 5.33. The van der Waals surface area contributed by atoms with Crippen LogP contribution in [-0.4, -0.2) is 38.9 Å². The molecule has 2 N–H and O–H groups in total. The molecular formula is C25H35N3O3. The van der Waals surface area contributed by atoms with Gasteiger partial charge in [0.25, 0.3) is 0 Å². The van der Waals surface area contributed by atoms with Crippen molar-refractivity contribution in [1.82, 2.24) is 10.6 Å². The Labute approximate surface area is 186 Å². The SMILES string of the molecule is CCNC(=NCc1ccc(COC2CCOCC2)cc1)NCc1ccc(C)cc1OC. The van der Waals surface area contributed by atoms with Crippen molar-refractivity contribution in [3.63, 3.8) is 0 Å². The van der Waals surface area contributed by atoms with E-state index in [0.29, 0.717) is 25.8 Å². The molecule has 1 aliphatic heterocycles. The number of nitrogens with one attached hydrogen (secondary N) is 2. The molecule has 1 saturated heterocycles. The Kier molecular flexibility index (Phi) is 9.18. The summed E-state index contributed by atoms with van der Waals surface area (Å²) in [6.45, 7) is 8.46. The number of nitrogens with zero attached hydrogens (tertiary/aromatic N) is 1. The Balaban J connectivity index is 1.52. The minimum absolute atomic E-state index is 0.318. The van der Waals surface area contributed by atoms with Crippen LogP contribution in [0.15, 0.2) is 47.5 Å². The van der Waals surface area contributed by atoms with Gasteiger partial charge in [-0.3, -0.25) is 0 Å². The quantitative estimate of drug-likeness (QED) is 0.470. The van der Waals surface area contributed by atoms with Crippen molar-refractivity contribution >= 4 is 5.96 Å². The van der Waals surface area contributed by atoms with E-state index in [1.165, 1.54) is 16.7 Å². The van der Waals surface area contributed by atoms with E-state index >= 15 is 0 Å². The molecule has 0 amide bonds. The minimum Gasteiger partial charge on any atom is -0.496 e. The fourth-order valence-corrected chi connectivity index (χ4v) is 3.49. The van der Waals surface area contributed by atoms with Crippen LogP contribution in [-0.2, 0) is 29.2 Å². The average molecular weight is 426 g/mol. The lowest BCUT2D eigenvalue weighted by Crippen LogP contribution is -2.36. The molecule has 168 valence electrons. The van der Waals surface area contributed by atoms with Crippen LogP contribution in [0.3, 0.4) is 0 Å². The molecule has 0 spiro atoms. The Morgan fingerprint density at radius 3 is 2.52 bits per heavy atom. The van der Waals surface area contributed by atoms with E-state index in [4.69, 9.17) is 19.2 Å².